The Bertz CT molecular complexity index is 485. The molecule has 0 bridgehead atoms. The van der Waals surface area contributed by atoms with Crippen molar-refractivity contribution in [3.05, 3.63) is 35.4 Å². The number of unbranched alkanes of at least 4 members (excludes halogenated alkanes) is 1. The fourth-order valence-corrected chi connectivity index (χ4v) is 1.95. The number of carbonyl (C=O) groups is 1. The molecule has 1 aromatic carbocycles. The largest absolute Gasteiger partial charge is 0.356 e. The summed E-state index contributed by atoms with van der Waals surface area (Å²) in [5, 5.41) is 9.42. The van der Waals surface area contributed by atoms with Crippen LogP contribution in [0.5, 0.6) is 0 Å². The maximum absolute atomic E-state index is 12.0. The van der Waals surface area contributed by atoms with Gasteiger partial charge in [0, 0.05) is 32.2 Å². The van der Waals surface area contributed by atoms with Gasteiger partial charge in [-0.05, 0) is 30.5 Å². The zero-order valence-corrected chi connectivity index (χ0v) is 13.9. The van der Waals surface area contributed by atoms with Gasteiger partial charge in [-0.1, -0.05) is 32.4 Å². The number of nitrogens with zero attached hydrogens (tertiary/aromatic N) is 1. The summed E-state index contributed by atoms with van der Waals surface area (Å²) in [6.45, 7) is 6.45. The molecule has 0 aliphatic rings. The van der Waals surface area contributed by atoms with Crippen molar-refractivity contribution in [2.24, 2.45) is 4.99 Å². The molecule has 0 fully saturated rings. The highest BCUT2D eigenvalue weighted by Gasteiger charge is 2.05. The Morgan fingerprint density at radius 2 is 1.91 bits per heavy atom. The maximum atomic E-state index is 12.0. The normalized spacial score (nSPS) is 11.1. The van der Waals surface area contributed by atoms with Gasteiger partial charge < -0.3 is 16.0 Å². The van der Waals surface area contributed by atoms with Crippen LogP contribution in [0.15, 0.2) is 29.3 Å². The van der Waals surface area contributed by atoms with Gasteiger partial charge in [0.2, 0.25) is 0 Å². The quantitative estimate of drug-likeness (QED) is 0.392. The molecule has 0 aliphatic heterocycles. The molecule has 0 aromatic heterocycles. The molecule has 1 rings (SSSR count). The Hall–Kier alpha value is -2.04. The molecule has 0 saturated carbocycles. The molecule has 1 amide bonds. The fourth-order valence-electron chi connectivity index (χ4n) is 1.95. The molecule has 1 aromatic rings. The van der Waals surface area contributed by atoms with Crippen LogP contribution in [0.4, 0.5) is 0 Å². The van der Waals surface area contributed by atoms with E-state index in [0.717, 1.165) is 37.3 Å². The summed E-state index contributed by atoms with van der Waals surface area (Å²) in [4.78, 5) is 16.1. The summed E-state index contributed by atoms with van der Waals surface area (Å²) < 4.78 is 0. The standard InChI is InChI=1S/C17H28N4O/c1-4-6-11-20-17(18-3)21-13-14-8-7-9-15(12-14)16(22)19-10-5-2/h7-9,12H,4-6,10-11,13H2,1-3H3,(H,19,22)(H2,18,20,21). The van der Waals surface area contributed by atoms with E-state index in [0.29, 0.717) is 18.7 Å². The highest BCUT2D eigenvalue weighted by atomic mass is 16.1. The number of aliphatic imine (C=N–C) groups is 1. The summed E-state index contributed by atoms with van der Waals surface area (Å²) in [6.07, 6.45) is 3.21. The number of benzene rings is 1. The van der Waals surface area contributed by atoms with Crippen LogP contribution in [0, 0.1) is 0 Å². The summed E-state index contributed by atoms with van der Waals surface area (Å²) in [5.41, 5.74) is 1.75. The molecule has 3 N–H and O–H groups in total. The highest BCUT2D eigenvalue weighted by Crippen LogP contribution is 2.05. The SMILES string of the molecule is CCCCNC(=NC)NCc1cccc(C(=O)NCCC)c1. The van der Waals surface area contributed by atoms with Crippen molar-refractivity contribution in [3.63, 3.8) is 0 Å². The van der Waals surface area contributed by atoms with Crippen LogP contribution in [0.2, 0.25) is 0 Å². The van der Waals surface area contributed by atoms with Crippen molar-refractivity contribution in [1.82, 2.24) is 16.0 Å². The summed E-state index contributed by atoms with van der Waals surface area (Å²) in [6, 6.07) is 7.66. The van der Waals surface area contributed by atoms with Crippen molar-refractivity contribution >= 4 is 11.9 Å². The molecule has 5 heteroatoms. The molecule has 5 nitrogen and oxygen atoms in total. The lowest BCUT2D eigenvalue weighted by Crippen LogP contribution is -2.37. The van der Waals surface area contributed by atoms with Crippen LogP contribution in [0.3, 0.4) is 0 Å². The first-order chi connectivity index (χ1) is 10.7. The Labute approximate surface area is 133 Å². The van der Waals surface area contributed by atoms with Gasteiger partial charge in [-0.2, -0.15) is 0 Å². The number of rotatable bonds is 8. The topological polar surface area (TPSA) is 65.5 Å². The molecular formula is C17H28N4O. The van der Waals surface area contributed by atoms with E-state index in [1.54, 1.807) is 7.05 Å². The van der Waals surface area contributed by atoms with Gasteiger partial charge in [0.05, 0.1) is 0 Å². The smallest absolute Gasteiger partial charge is 0.251 e. The Kier molecular flexibility index (Phi) is 8.72. The predicted molar refractivity (Wildman–Crippen MR) is 92.2 cm³/mol. The summed E-state index contributed by atoms with van der Waals surface area (Å²) in [5.74, 6) is 0.767. The minimum Gasteiger partial charge on any atom is -0.356 e. The zero-order chi connectivity index (χ0) is 16.2. The molecular weight excluding hydrogens is 276 g/mol. The number of hydrogen-bond acceptors (Lipinski definition) is 2. The van der Waals surface area contributed by atoms with Crippen molar-refractivity contribution in [3.8, 4) is 0 Å². The van der Waals surface area contributed by atoms with Crippen LogP contribution in [0.25, 0.3) is 0 Å². The number of nitrogens with one attached hydrogen (secondary N) is 3. The average molecular weight is 304 g/mol. The number of carbonyl (C=O) groups excluding carboxylic acids is 1. The molecule has 122 valence electrons. The molecule has 0 saturated heterocycles. The lowest BCUT2D eigenvalue weighted by molar-refractivity contribution is 0.0953. The Morgan fingerprint density at radius 1 is 1.09 bits per heavy atom. The van der Waals surface area contributed by atoms with Crippen molar-refractivity contribution in [2.45, 2.75) is 39.7 Å². The second-order valence-electron chi connectivity index (χ2n) is 5.16. The third kappa shape index (κ3) is 6.61. The molecule has 0 unspecified atom stereocenters. The zero-order valence-electron chi connectivity index (χ0n) is 13.9. The summed E-state index contributed by atoms with van der Waals surface area (Å²) in [7, 11) is 1.76. The van der Waals surface area contributed by atoms with Gasteiger partial charge >= 0.3 is 0 Å². The first-order valence-electron chi connectivity index (χ1n) is 8.02. The van der Waals surface area contributed by atoms with Crippen molar-refractivity contribution in [1.29, 1.82) is 0 Å². The minimum atomic E-state index is -0.0193. The second-order valence-corrected chi connectivity index (χ2v) is 5.16. The van der Waals surface area contributed by atoms with Gasteiger partial charge in [-0.25, -0.2) is 0 Å². The highest BCUT2D eigenvalue weighted by molar-refractivity contribution is 5.94. The van der Waals surface area contributed by atoms with Crippen molar-refractivity contribution < 1.29 is 4.79 Å². The van der Waals surface area contributed by atoms with E-state index in [1.165, 1.54) is 0 Å². The van der Waals surface area contributed by atoms with Crippen molar-refractivity contribution in [2.75, 3.05) is 20.1 Å². The molecule has 0 atom stereocenters. The molecule has 22 heavy (non-hydrogen) atoms. The van der Waals surface area contributed by atoms with Gasteiger partial charge in [0.25, 0.3) is 5.91 Å². The number of amides is 1. The van der Waals surface area contributed by atoms with E-state index in [9.17, 15) is 4.79 Å². The van der Waals surface area contributed by atoms with Crippen LogP contribution in [-0.2, 0) is 6.54 Å². The number of guanidine groups is 1. The van der Waals surface area contributed by atoms with Gasteiger partial charge in [-0.15, -0.1) is 0 Å². The molecule has 0 heterocycles. The van der Waals surface area contributed by atoms with Gasteiger partial charge in [-0.3, -0.25) is 9.79 Å². The second kappa shape index (κ2) is 10.7. The van der Waals surface area contributed by atoms with E-state index in [-0.39, 0.29) is 5.91 Å². The lowest BCUT2D eigenvalue weighted by atomic mass is 10.1. The first-order valence-corrected chi connectivity index (χ1v) is 8.02. The monoisotopic (exact) mass is 304 g/mol. The van der Waals surface area contributed by atoms with Crippen LogP contribution < -0.4 is 16.0 Å². The van der Waals surface area contributed by atoms with E-state index in [4.69, 9.17) is 0 Å². The third-order valence-corrected chi connectivity index (χ3v) is 3.23. The third-order valence-electron chi connectivity index (χ3n) is 3.23. The maximum Gasteiger partial charge on any atom is 0.251 e. The predicted octanol–water partition coefficient (Wildman–Crippen LogP) is 2.29. The van der Waals surface area contributed by atoms with Crippen LogP contribution >= 0.6 is 0 Å². The molecule has 0 radical (unpaired) electrons. The molecule has 0 aliphatic carbocycles. The van der Waals surface area contributed by atoms with Gasteiger partial charge in [0.1, 0.15) is 0 Å². The van der Waals surface area contributed by atoms with E-state index in [2.05, 4.69) is 27.9 Å². The number of hydrogen-bond donors (Lipinski definition) is 3. The van der Waals surface area contributed by atoms with E-state index in [1.807, 2.05) is 31.2 Å². The molecule has 0 spiro atoms. The van der Waals surface area contributed by atoms with Crippen LogP contribution in [-0.4, -0.2) is 32.0 Å². The van der Waals surface area contributed by atoms with E-state index < -0.39 is 0 Å². The average Bonchev–Trinajstić information content (AvgIpc) is 2.56. The van der Waals surface area contributed by atoms with E-state index >= 15 is 0 Å². The van der Waals surface area contributed by atoms with Gasteiger partial charge in [0.15, 0.2) is 5.96 Å². The first kappa shape index (κ1) is 18.0. The Morgan fingerprint density at radius 3 is 2.59 bits per heavy atom. The summed E-state index contributed by atoms with van der Waals surface area (Å²) >= 11 is 0. The van der Waals surface area contributed by atoms with Crippen LogP contribution in [0.1, 0.15) is 49.0 Å². The fraction of sp³-hybridized carbons (Fsp3) is 0.529. The minimum absolute atomic E-state index is 0.0193. The Balaban J connectivity index is 2.53. The lowest BCUT2D eigenvalue weighted by Gasteiger charge is -2.12.